The van der Waals surface area contributed by atoms with Crippen molar-refractivity contribution in [2.75, 3.05) is 33.3 Å². The van der Waals surface area contributed by atoms with Crippen LogP contribution < -0.4 is 0 Å². The molecule has 1 aliphatic rings. The Morgan fingerprint density at radius 2 is 1.75 bits per heavy atom. The molecule has 0 N–H and O–H groups in total. The molecule has 0 aliphatic heterocycles. The summed E-state index contributed by atoms with van der Waals surface area (Å²) in [5, 5.41) is 0. The van der Waals surface area contributed by atoms with Crippen molar-refractivity contribution in [1.82, 2.24) is 0 Å². The van der Waals surface area contributed by atoms with E-state index in [4.69, 9.17) is 4.74 Å². The van der Waals surface area contributed by atoms with Crippen molar-refractivity contribution < 1.29 is 14.0 Å². The predicted molar refractivity (Wildman–Crippen MR) is 98.9 cm³/mol. The van der Waals surface area contributed by atoms with Crippen molar-refractivity contribution in [1.29, 1.82) is 0 Å². The standard InChI is InChI=1S/C21H34NO2/c1-4-22(3,5-2)16-17-24-21(23)20(18-12-8-6-9-13-18)19-14-10-7-11-15-19/h6,8-9,12-13,19-20H,4-5,7,10-11,14-17H2,1-3H3/q+1. The highest BCUT2D eigenvalue weighted by Crippen LogP contribution is 2.36. The predicted octanol–water partition coefficient (Wildman–Crippen LogP) is 4.38. The highest BCUT2D eigenvalue weighted by Gasteiger charge is 2.32. The number of benzene rings is 1. The Kier molecular flexibility index (Phi) is 7.29. The van der Waals surface area contributed by atoms with Gasteiger partial charge in [-0.3, -0.25) is 4.79 Å². The molecule has 2 rings (SSSR count). The number of ether oxygens (including phenoxy) is 1. The molecular formula is C21H34NO2+. The van der Waals surface area contributed by atoms with Gasteiger partial charge >= 0.3 is 5.97 Å². The second-order valence-corrected chi connectivity index (χ2v) is 7.43. The first kappa shape index (κ1) is 19.0. The molecule has 1 atom stereocenters. The van der Waals surface area contributed by atoms with Crippen molar-refractivity contribution in [3.63, 3.8) is 0 Å². The van der Waals surface area contributed by atoms with Crippen molar-refractivity contribution in [2.24, 2.45) is 5.92 Å². The molecule has 134 valence electrons. The summed E-state index contributed by atoms with van der Waals surface area (Å²) in [6, 6.07) is 10.2. The van der Waals surface area contributed by atoms with E-state index in [0.717, 1.165) is 42.5 Å². The monoisotopic (exact) mass is 332 g/mol. The van der Waals surface area contributed by atoms with E-state index in [2.05, 4.69) is 33.0 Å². The van der Waals surface area contributed by atoms with Gasteiger partial charge in [-0.1, -0.05) is 49.6 Å². The van der Waals surface area contributed by atoms with Crippen LogP contribution in [0.25, 0.3) is 0 Å². The molecule has 0 saturated heterocycles. The maximum Gasteiger partial charge on any atom is 0.313 e. The summed E-state index contributed by atoms with van der Waals surface area (Å²) in [7, 11) is 2.23. The lowest BCUT2D eigenvalue weighted by atomic mass is 9.77. The lowest BCUT2D eigenvalue weighted by Gasteiger charge is -2.33. The fourth-order valence-electron chi connectivity index (χ4n) is 3.72. The number of quaternary nitrogens is 1. The summed E-state index contributed by atoms with van der Waals surface area (Å²) >= 11 is 0. The minimum absolute atomic E-state index is 0.0214. The first-order valence-corrected chi connectivity index (χ1v) is 9.64. The number of rotatable bonds is 8. The molecule has 1 fully saturated rings. The molecule has 1 unspecified atom stereocenters. The smallest absolute Gasteiger partial charge is 0.313 e. The minimum atomic E-state index is -0.0893. The topological polar surface area (TPSA) is 26.3 Å². The molecule has 0 aromatic heterocycles. The van der Waals surface area contributed by atoms with Gasteiger partial charge < -0.3 is 9.22 Å². The second kappa shape index (κ2) is 9.22. The summed E-state index contributed by atoms with van der Waals surface area (Å²) in [6.07, 6.45) is 6.07. The van der Waals surface area contributed by atoms with Crippen LogP contribution in [0.2, 0.25) is 0 Å². The Morgan fingerprint density at radius 3 is 2.33 bits per heavy atom. The molecule has 1 aliphatic carbocycles. The van der Waals surface area contributed by atoms with Crippen molar-refractivity contribution in [3.05, 3.63) is 35.9 Å². The lowest BCUT2D eigenvalue weighted by molar-refractivity contribution is -0.906. The fraction of sp³-hybridized carbons (Fsp3) is 0.667. The average molecular weight is 333 g/mol. The molecule has 0 bridgehead atoms. The molecule has 1 saturated carbocycles. The van der Waals surface area contributed by atoms with E-state index >= 15 is 0 Å². The third kappa shape index (κ3) is 5.07. The van der Waals surface area contributed by atoms with Gasteiger partial charge in [-0.2, -0.15) is 0 Å². The van der Waals surface area contributed by atoms with E-state index in [9.17, 15) is 4.79 Å². The molecule has 3 nitrogen and oxygen atoms in total. The van der Waals surface area contributed by atoms with Crippen molar-refractivity contribution in [2.45, 2.75) is 51.9 Å². The van der Waals surface area contributed by atoms with Crippen LogP contribution >= 0.6 is 0 Å². The third-order valence-corrected chi connectivity index (χ3v) is 5.94. The van der Waals surface area contributed by atoms with Crippen molar-refractivity contribution >= 4 is 5.97 Å². The zero-order chi connectivity index (χ0) is 17.4. The van der Waals surface area contributed by atoms with Crippen LogP contribution in [0.5, 0.6) is 0 Å². The van der Waals surface area contributed by atoms with E-state index in [1.54, 1.807) is 0 Å². The van der Waals surface area contributed by atoms with E-state index in [0.29, 0.717) is 12.5 Å². The summed E-state index contributed by atoms with van der Waals surface area (Å²) in [6.45, 7) is 7.94. The number of esters is 1. The van der Waals surface area contributed by atoms with E-state index in [-0.39, 0.29) is 11.9 Å². The molecule has 1 aromatic rings. The summed E-state index contributed by atoms with van der Waals surface area (Å²) in [4.78, 5) is 12.9. The molecule has 0 heterocycles. The number of hydrogen-bond acceptors (Lipinski definition) is 2. The number of likely N-dealkylation sites (N-methyl/N-ethyl adjacent to an activating group) is 1. The molecule has 3 heteroatoms. The highest BCUT2D eigenvalue weighted by atomic mass is 16.5. The van der Waals surface area contributed by atoms with Crippen molar-refractivity contribution in [3.8, 4) is 0 Å². The maximum atomic E-state index is 12.9. The Balaban J connectivity index is 2.02. The van der Waals surface area contributed by atoms with Gasteiger partial charge in [-0.05, 0) is 38.2 Å². The zero-order valence-corrected chi connectivity index (χ0v) is 15.7. The SMILES string of the molecule is CC[N+](C)(CC)CCOC(=O)C(c1ccccc1)C1CCCCC1. The van der Waals surface area contributed by atoms with Crippen LogP contribution in [0.4, 0.5) is 0 Å². The first-order valence-electron chi connectivity index (χ1n) is 9.64. The van der Waals surface area contributed by atoms with E-state index in [1.165, 1.54) is 19.3 Å². The van der Waals surface area contributed by atoms with Crippen LogP contribution in [0.3, 0.4) is 0 Å². The minimum Gasteiger partial charge on any atom is -0.459 e. The van der Waals surface area contributed by atoms with Gasteiger partial charge in [-0.15, -0.1) is 0 Å². The van der Waals surface area contributed by atoms with Crippen LogP contribution in [0, 0.1) is 5.92 Å². The third-order valence-electron chi connectivity index (χ3n) is 5.94. The van der Waals surface area contributed by atoms with Gasteiger partial charge in [0.15, 0.2) is 0 Å². The zero-order valence-electron chi connectivity index (χ0n) is 15.7. The average Bonchev–Trinajstić information content (AvgIpc) is 2.63. The lowest BCUT2D eigenvalue weighted by Crippen LogP contribution is -2.46. The Hall–Kier alpha value is -1.35. The Bertz CT molecular complexity index is 490. The first-order chi connectivity index (χ1) is 11.6. The number of carbonyl (C=O) groups is 1. The van der Waals surface area contributed by atoms with Crippen LogP contribution in [0.1, 0.15) is 57.4 Å². The quantitative estimate of drug-likeness (QED) is 0.521. The normalized spacial score (nSPS) is 17.5. The van der Waals surface area contributed by atoms with E-state index in [1.807, 2.05) is 18.2 Å². The van der Waals surface area contributed by atoms with Gasteiger partial charge in [0.2, 0.25) is 0 Å². The van der Waals surface area contributed by atoms with E-state index < -0.39 is 0 Å². The molecule has 0 radical (unpaired) electrons. The van der Waals surface area contributed by atoms with Crippen LogP contribution in [0.15, 0.2) is 30.3 Å². The van der Waals surface area contributed by atoms with Crippen LogP contribution in [-0.2, 0) is 9.53 Å². The summed E-state index contributed by atoms with van der Waals surface area (Å²) in [5.74, 6) is 0.326. The second-order valence-electron chi connectivity index (χ2n) is 7.43. The molecule has 0 spiro atoms. The Morgan fingerprint density at radius 1 is 1.12 bits per heavy atom. The maximum absolute atomic E-state index is 12.9. The largest absolute Gasteiger partial charge is 0.459 e. The Labute approximate surface area is 147 Å². The number of nitrogens with zero attached hydrogens (tertiary/aromatic N) is 1. The molecule has 1 aromatic carbocycles. The number of carbonyl (C=O) groups excluding carboxylic acids is 1. The van der Waals surface area contributed by atoms with Gasteiger partial charge in [0, 0.05) is 0 Å². The summed E-state index contributed by atoms with van der Waals surface area (Å²) < 4.78 is 6.71. The molecule has 0 amide bonds. The van der Waals surface area contributed by atoms with Gasteiger partial charge in [-0.25, -0.2) is 0 Å². The van der Waals surface area contributed by atoms with Gasteiger partial charge in [0.1, 0.15) is 13.2 Å². The fourth-order valence-corrected chi connectivity index (χ4v) is 3.72. The summed E-state index contributed by atoms with van der Waals surface area (Å²) in [5.41, 5.74) is 1.12. The molecule has 24 heavy (non-hydrogen) atoms. The van der Waals surface area contributed by atoms with Gasteiger partial charge in [0.25, 0.3) is 0 Å². The van der Waals surface area contributed by atoms with Crippen LogP contribution in [-0.4, -0.2) is 43.7 Å². The highest BCUT2D eigenvalue weighted by molar-refractivity contribution is 5.78. The number of hydrogen-bond donors (Lipinski definition) is 0. The van der Waals surface area contributed by atoms with Gasteiger partial charge in [0.05, 0.1) is 26.1 Å². The molecular weight excluding hydrogens is 298 g/mol.